The van der Waals surface area contributed by atoms with E-state index in [9.17, 15) is 9.18 Å². The number of aromatic nitrogens is 1. The number of hydrogen-bond donors (Lipinski definition) is 0. The first-order valence-electron chi connectivity index (χ1n) is 6.84. The van der Waals surface area contributed by atoms with Crippen LogP contribution in [0.5, 0.6) is 5.88 Å². The molecule has 3 rings (SSSR count). The lowest BCUT2D eigenvalue weighted by Crippen LogP contribution is -2.36. The van der Waals surface area contributed by atoms with Crippen molar-refractivity contribution in [3.63, 3.8) is 0 Å². The molecule has 1 fully saturated rings. The highest BCUT2D eigenvalue weighted by molar-refractivity contribution is 5.82. The van der Waals surface area contributed by atoms with Crippen LogP contribution in [0.25, 0.3) is 11.0 Å². The van der Waals surface area contributed by atoms with Gasteiger partial charge in [0.2, 0.25) is 6.79 Å². The van der Waals surface area contributed by atoms with Gasteiger partial charge in [0.05, 0.1) is 0 Å². The van der Waals surface area contributed by atoms with E-state index in [0.717, 1.165) is 19.3 Å². The van der Waals surface area contributed by atoms with Crippen LogP contribution in [0.3, 0.4) is 0 Å². The zero-order chi connectivity index (χ0) is 14.7. The summed E-state index contributed by atoms with van der Waals surface area (Å²) in [4.78, 5) is 13.4. The molecule has 1 amide bonds. The van der Waals surface area contributed by atoms with Crippen molar-refractivity contribution in [2.24, 2.45) is 0 Å². The van der Waals surface area contributed by atoms with E-state index in [1.54, 1.807) is 11.0 Å². The van der Waals surface area contributed by atoms with Crippen molar-refractivity contribution in [2.75, 3.05) is 19.9 Å². The molecule has 0 radical (unpaired) electrons. The van der Waals surface area contributed by atoms with Crippen LogP contribution >= 0.6 is 0 Å². The van der Waals surface area contributed by atoms with Gasteiger partial charge in [0.1, 0.15) is 11.2 Å². The molecule has 112 valence electrons. The summed E-state index contributed by atoms with van der Waals surface area (Å²) in [6, 6.07) is 4.38. The number of halogens is 1. The Morgan fingerprint density at radius 2 is 2.14 bits per heavy atom. The molecule has 0 atom stereocenters. The zero-order valence-electron chi connectivity index (χ0n) is 11.4. The lowest BCUT2D eigenvalue weighted by Gasteiger charge is -2.25. The highest BCUT2D eigenvalue weighted by Gasteiger charge is 2.19. The Balaban J connectivity index is 1.58. The number of piperidine rings is 1. The van der Waals surface area contributed by atoms with E-state index in [2.05, 4.69) is 5.16 Å². The van der Waals surface area contributed by atoms with Gasteiger partial charge in [0.25, 0.3) is 5.88 Å². The van der Waals surface area contributed by atoms with E-state index in [1.807, 2.05) is 0 Å². The second-order valence-corrected chi connectivity index (χ2v) is 4.82. The number of likely N-dealkylation sites (tertiary alicyclic amines) is 1. The fraction of sp³-hybridized carbons (Fsp3) is 0.429. The van der Waals surface area contributed by atoms with E-state index < -0.39 is 11.9 Å². The summed E-state index contributed by atoms with van der Waals surface area (Å²) in [5.74, 6) is -0.513. The third-order valence-corrected chi connectivity index (χ3v) is 3.41. The zero-order valence-corrected chi connectivity index (χ0v) is 11.4. The molecular formula is C14H15FN2O4. The van der Waals surface area contributed by atoms with Gasteiger partial charge < -0.3 is 18.9 Å². The first-order chi connectivity index (χ1) is 10.3. The maximum atomic E-state index is 13.7. The summed E-state index contributed by atoms with van der Waals surface area (Å²) < 4.78 is 28.8. The van der Waals surface area contributed by atoms with Gasteiger partial charge in [0, 0.05) is 13.1 Å². The molecule has 2 aromatic rings. The van der Waals surface area contributed by atoms with E-state index in [-0.39, 0.29) is 23.6 Å². The molecule has 0 unspecified atom stereocenters. The molecule has 6 nitrogen and oxygen atoms in total. The standard InChI is InChI=1S/C14H15FN2O4/c15-10-5-4-6-11-12(10)13(16-21-11)19-9-20-14(18)17-7-2-1-3-8-17/h4-6H,1-3,7-9H2. The average Bonchev–Trinajstić information content (AvgIpc) is 2.93. The third kappa shape index (κ3) is 2.91. The van der Waals surface area contributed by atoms with Crippen molar-refractivity contribution >= 4 is 17.1 Å². The van der Waals surface area contributed by atoms with Crippen molar-refractivity contribution in [1.29, 1.82) is 0 Å². The van der Waals surface area contributed by atoms with E-state index >= 15 is 0 Å². The maximum absolute atomic E-state index is 13.7. The highest BCUT2D eigenvalue weighted by atomic mass is 19.1. The summed E-state index contributed by atoms with van der Waals surface area (Å²) in [6.07, 6.45) is 2.66. The maximum Gasteiger partial charge on any atom is 0.412 e. The van der Waals surface area contributed by atoms with Crippen LogP contribution < -0.4 is 4.74 Å². The monoisotopic (exact) mass is 294 g/mol. The van der Waals surface area contributed by atoms with Crippen molar-refractivity contribution in [3.8, 4) is 5.88 Å². The minimum absolute atomic E-state index is 0.0189. The number of carbonyl (C=O) groups is 1. The van der Waals surface area contributed by atoms with Crippen LogP contribution in [0.15, 0.2) is 22.7 Å². The smallest absolute Gasteiger partial charge is 0.412 e. The SMILES string of the molecule is O=C(OCOc1noc2cccc(F)c12)N1CCCCC1. The van der Waals surface area contributed by atoms with Crippen molar-refractivity contribution in [2.45, 2.75) is 19.3 Å². The molecule has 0 saturated carbocycles. The number of hydrogen-bond acceptors (Lipinski definition) is 5. The number of nitrogens with zero attached hydrogens (tertiary/aromatic N) is 2. The fourth-order valence-electron chi connectivity index (χ4n) is 2.33. The molecule has 0 aliphatic carbocycles. The second kappa shape index (κ2) is 5.99. The largest absolute Gasteiger partial charge is 0.437 e. The van der Waals surface area contributed by atoms with Gasteiger partial charge in [-0.3, -0.25) is 0 Å². The summed E-state index contributed by atoms with van der Waals surface area (Å²) in [5, 5.41) is 3.77. The summed E-state index contributed by atoms with van der Waals surface area (Å²) in [6.45, 7) is 1.06. The first kappa shape index (κ1) is 13.7. The normalized spacial score (nSPS) is 15.2. The van der Waals surface area contributed by atoms with Gasteiger partial charge in [-0.2, -0.15) is 0 Å². The number of carbonyl (C=O) groups excluding carboxylic acids is 1. The molecule has 0 spiro atoms. The third-order valence-electron chi connectivity index (χ3n) is 3.41. The van der Waals surface area contributed by atoms with E-state index in [4.69, 9.17) is 14.0 Å². The Morgan fingerprint density at radius 1 is 1.33 bits per heavy atom. The lowest BCUT2D eigenvalue weighted by atomic mass is 10.1. The first-order valence-corrected chi connectivity index (χ1v) is 6.84. The van der Waals surface area contributed by atoms with E-state index in [1.165, 1.54) is 12.1 Å². The lowest BCUT2D eigenvalue weighted by molar-refractivity contribution is 0.0287. The summed E-state index contributed by atoms with van der Waals surface area (Å²) >= 11 is 0. The molecule has 1 aromatic heterocycles. The van der Waals surface area contributed by atoms with Crippen LogP contribution in [0, 0.1) is 5.82 Å². The fourth-order valence-corrected chi connectivity index (χ4v) is 2.33. The van der Waals surface area contributed by atoms with Gasteiger partial charge >= 0.3 is 6.09 Å². The predicted octanol–water partition coefficient (Wildman–Crippen LogP) is 2.93. The Morgan fingerprint density at radius 3 is 2.95 bits per heavy atom. The van der Waals surface area contributed by atoms with Crippen LogP contribution in [0.4, 0.5) is 9.18 Å². The van der Waals surface area contributed by atoms with E-state index in [0.29, 0.717) is 13.1 Å². The predicted molar refractivity (Wildman–Crippen MR) is 71.4 cm³/mol. The molecule has 7 heteroatoms. The minimum Gasteiger partial charge on any atom is -0.437 e. The number of ether oxygens (including phenoxy) is 2. The average molecular weight is 294 g/mol. The molecule has 21 heavy (non-hydrogen) atoms. The highest BCUT2D eigenvalue weighted by Crippen LogP contribution is 2.27. The molecule has 1 saturated heterocycles. The Labute approximate surface area is 120 Å². The number of fused-ring (bicyclic) bond motifs is 1. The topological polar surface area (TPSA) is 64.8 Å². The number of amides is 1. The van der Waals surface area contributed by atoms with Crippen LogP contribution in [-0.2, 0) is 4.74 Å². The van der Waals surface area contributed by atoms with Crippen molar-refractivity contribution < 1.29 is 23.2 Å². The van der Waals surface area contributed by atoms with Crippen LogP contribution in [0.2, 0.25) is 0 Å². The number of benzene rings is 1. The summed E-state index contributed by atoms with van der Waals surface area (Å²) in [5.41, 5.74) is 0.285. The molecule has 1 aromatic carbocycles. The second-order valence-electron chi connectivity index (χ2n) is 4.82. The van der Waals surface area contributed by atoms with Crippen LogP contribution in [-0.4, -0.2) is 36.0 Å². The summed E-state index contributed by atoms with van der Waals surface area (Å²) in [7, 11) is 0. The van der Waals surface area contributed by atoms with Gasteiger partial charge in [-0.25, -0.2) is 9.18 Å². The van der Waals surface area contributed by atoms with Crippen LogP contribution in [0.1, 0.15) is 19.3 Å². The molecule has 1 aliphatic heterocycles. The van der Waals surface area contributed by atoms with Gasteiger partial charge in [-0.05, 0) is 36.6 Å². The van der Waals surface area contributed by atoms with Crippen molar-refractivity contribution in [1.82, 2.24) is 10.1 Å². The van der Waals surface area contributed by atoms with Gasteiger partial charge in [-0.15, -0.1) is 0 Å². The van der Waals surface area contributed by atoms with Gasteiger partial charge in [0.15, 0.2) is 5.58 Å². The minimum atomic E-state index is -0.494. The van der Waals surface area contributed by atoms with Gasteiger partial charge in [-0.1, -0.05) is 6.07 Å². The Bertz CT molecular complexity index is 637. The molecular weight excluding hydrogens is 279 g/mol. The number of rotatable bonds is 3. The van der Waals surface area contributed by atoms with Crippen molar-refractivity contribution in [3.05, 3.63) is 24.0 Å². The molecule has 2 heterocycles. The quantitative estimate of drug-likeness (QED) is 0.814. The molecule has 0 bridgehead atoms. The Hall–Kier alpha value is -2.31. The molecule has 0 N–H and O–H groups in total. The Kier molecular flexibility index (Phi) is 3.89. The molecule has 1 aliphatic rings.